The number of nitrogens with zero attached hydrogens (tertiary/aromatic N) is 2. The Morgan fingerprint density at radius 3 is 2.21 bits per heavy atom. The molecule has 0 aromatic heterocycles. The Kier molecular flexibility index (Phi) is 4.99. The Morgan fingerprint density at radius 1 is 0.921 bits per heavy atom. The van der Waals surface area contributed by atoms with Crippen LogP contribution in [0.1, 0.15) is 107 Å². The lowest BCUT2D eigenvalue weighted by Gasteiger charge is -2.73. The molecule has 0 radical (unpaired) electrons. The van der Waals surface area contributed by atoms with Crippen LogP contribution >= 0.6 is 0 Å². The first kappa shape index (κ1) is 26.3. The average Bonchev–Trinajstić information content (AvgIpc) is 3.00. The van der Waals surface area contributed by atoms with Crippen LogP contribution in [0.25, 0.3) is 4.85 Å². The van der Waals surface area contributed by atoms with Gasteiger partial charge in [0.2, 0.25) is 11.6 Å². The lowest BCUT2D eigenvalue weighted by Crippen LogP contribution is -2.77. The van der Waals surface area contributed by atoms with Crippen LogP contribution < -0.4 is 0 Å². The molecule has 38 heavy (non-hydrogen) atoms. The number of likely N-dealkylation sites (N-methyl/N-ethyl adjacent to an activating group) is 1. The van der Waals surface area contributed by atoms with E-state index in [9.17, 15) is 9.59 Å². The second-order valence-corrected chi connectivity index (χ2v) is 16.0. The van der Waals surface area contributed by atoms with Crippen molar-refractivity contribution < 1.29 is 14.4 Å². The van der Waals surface area contributed by atoms with Crippen molar-refractivity contribution in [3.63, 3.8) is 0 Å². The van der Waals surface area contributed by atoms with Crippen LogP contribution in [0, 0.1) is 56.8 Å². The first-order valence-corrected chi connectivity index (χ1v) is 15.0. The Labute approximate surface area is 229 Å². The number of amides is 1. The van der Waals surface area contributed by atoms with Gasteiger partial charge in [-0.25, -0.2) is 4.85 Å². The molecule has 4 saturated carbocycles. The summed E-state index contributed by atoms with van der Waals surface area (Å²) < 4.78 is 0. The Bertz CT molecular complexity index is 1240. The first-order chi connectivity index (χ1) is 17.5. The van der Waals surface area contributed by atoms with Crippen LogP contribution in [0.15, 0.2) is 11.8 Å². The van der Waals surface area contributed by atoms with Gasteiger partial charge in [0, 0.05) is 29.7 Å². The van der Waals surface area contributed by atoms with Gasteiger partial charge in [0.05, 0.1) is 12.0 Å². The van der Waals surface area contributed by atoms with Crippen molar-refractivity contribution in [2.24, 2.45) is 50.2 Å². The summed E-state index contributed by atoms with van der Waals surface area (Å²) >= 11 is 0. The molecule has 5 heteroatoms. The standard InChI is InChI=1S/C33H46N2O3/c1-10-35-26(38)32-15-13-27(2,3)19-23(32)33(35)24(36)17-22-29(6)18-20(34-9)25(37)28(4,5)21(29)11-12-30(22,7)31(33,8)14-16-32/h18,21-23H,10-17,19H2,1-8H3/t21-,22+,23+,29-,30+,31-,32?,33+/m0/s1. The van der Waals surface area contributed by atoms with E-state index >= 15 is 4.79 Å². The predicted octanol–water partition coefficient (Wildman–Crippen LogP) is 6.62. The van der Waals surface area contributed by atoms with Crippen LogP contribution in [-0.2, 0) is 14.4 Å². The van der Waals surface area contributed by atoms with E-state index in [2.05, 4.69) is 51.3 Å². The molecule has 5 nitrogen and oxygen atoms in total. The van der Waals surface area contributed by atoms with Gasteiger partial charge < -0.3 is 9.69 Å². The van der Waals surface area contributed by atoms with Crippen LogP contribution in [0.3, 0.4) is 0 Å². The molecule has 5 fully saturated rings. The predicted molar refractivity (Wildman–Crippen MR) is 147 cm³/mol. The summed E-state index contributed by atoms with van der Waals surface area (Å²) in [6, 6.07) is 0. The number of carbonyl (C=O) groups excluding carboxylic acids is 3. The molecule has 2 bridgehead atoms. The fourth-order valence-corrected chi connectivity index (χ4v) is 12.1. The average molecular weight is 519 g/mol. The quantitative estimate of drug-likeness (QED) is 0.366. The number of hydrogen-bond acceptors (Lipinski definition) is 3. The molecule has 1 heterocycles. The van der Waals surface area contributed by atoms with Gasteiger partial charge >= 0.3 is 0 Å². The van der Waals surface area contributed by atoms with Crippen molar-refractivity contribution in [1.82, 2.24) is 4.90 Å². The number of allylic oxidation sites excluding steroid dienone is 2. The zero-order valence-electron chi connectivity index (χ0n) is 24.8. The van der Waals surface area contributed by atoms with E-state index in [-0.39, 0.29) is 62.6 Å². The van der Waals surface area contributed by atoms with Gasteiger partial charge in [0.25, 0.3) is 0 Å². The van der Waals surface area contributed by atoms with Crippen LogP contribution in [-0.4, -0.2) is 34.5 Å². The van der Waals surface area contributed by atoms with Crippen molar-refractivity contribution in [2.75, 3.05) is 6.54 Å². The normalized spacial score (nSPS) is 50.3. The number of ketones is 2. The van der Waals surface area contributed by atoms with Crippen molar-refractivity contribution in [2.45, 2.75) is 112 Å². The maximum Gasteiger partial charge on any atom is 0.230 e. The molecule has 0 aromatic carbocycles. The van der Waals surface area contributed by atoms with E-state index in [4.69, 9.17) is 6.57 Å². The molecule has 1 amide bonds. The number of fused-ring (bicyclic) bond motifs is 4. The number of hydrogen-bond donors (Lipinski definition) is 0. The summed E-state index contributed by atoms with van der Waals surface area (Å²) in [6.45, 7) is 26.2. The van der Waals surface area contributed by atoms with E-state index in [1.165, 1.54) is 0 Å². The van der Waals surface area contributed by atoms with Gasteiger partial charge in [-0.3, -0.25) is 9.59 Å². The largest absolute Gasteiger partial charge is 0.329 e. The van der Waals surface area contributed by atoms with Gasteiger partial charge in [-0.2, -0.15) is 0 Å². The molecule has 6 aliphatic rings. The molecule has 8 atom stereocenters. The summed E-state index contributed by atoms with van der Waals surface area (Å²) in [7, 11) is 0. The van der Waals surface area contributed by atoms with Crippen molar-refractivity contribution in [3.8, 4) is 0 Å². The smallest absolute Gasteiger partial charge is 0.230 e. The number of likely N-dealkylation sites (tertiary alicyclic amines) is 1. The van der Waals surface area contributed by atoms with E-state index < -0.39 is 16.4 Å². The van der Waals surface area contributed by atoms with Crippen molar-refractivity contribution >= 4 is 17.5 Å². The molecule has 1 aliphatic heterocycles. The minimum Gasteiger partial charge on any atom is -0.329 e. The minimum absolute atomic E-state index is 0.0412. The lowest BCUT2D eigenvalue weighted by atomic mass is 9.30. The third-order valence-electron chi connectivity index (χ3n) is 14.1. The second kappa shape index (κ2) is 7.21. The maximum absolute atomic E-state index is 15.0. The molecular formula is C33H46N2O3. The second-order valence-electron chi connectivity index (χ2n) is 16.0. The molecule has 1 spiro atoms. The molecule has 5 aliphatic carbocycles. The van der Waals surface area contributed by atoms with E-state index in [1.54, 1.807) is 0 Å². The Balaban J connectivity index is 1.58. The van der Waals surface area contributed by atoms with Gasteiger partial charge in [0.15, 0.2) is 11.6 Å². The lowest BCUT2D eigenvalue weighted by molar-refractivity contribution is -0.233. The topological polar surface area (TPSA) is 58.8 Å². The summed E-state index contributed by atoms with van der Waals surface area (Å²) in [4.78, 5) is 48.5. The summed E-state index contributed by atoms with van der Waals surface area (Å²) in [5.41, 5.74) is -2.35. The summed E-state index contributed by atoms with van der Waals surface area (Å²) in [6.07, 6.45) is 8.92. The number of carbonyl (C=O) groups is 3. The number of rotatable bonds is 1. The number of Topliss-reactive ketones (excluding diaryl/α,β-unsaturated/α-hetero) is 2. The zero-order valence-corrected chi connectivity index (χ0v) is 24.8. The monoisotopic (exact) mass is 518 g/mol. The highest BCUT2D eigenvalue weighted by Crippen LogP contribution is 2.80. The highest BCUT2D eigenvalue weighted by atomic mass is 16.2. The van der Waals surface area contributed by atoms with Crippen LogP contribution in [0.2, 0.25) is 0 Å². The molecule has 0 aromatic rings. The third-order valence-corrected chi connectivity index (χ3v) is 14.1. The fraction of sp³-hybridized carbons (Fsp3) is 0.818. The van der Waals surface area contributed by atoms with Crippen molar-refractivity contribution in [1.29, 1.82) is 0 Å². The molecule has 0 N–H and O–H groups in total. The summed E-state index contributed by atoms with van der Waals surface area (Å²) in [5.74, 6) is 0.670. The van der Waals surface area contributed by atoms with Gasteiger partial charge in [-0.15, -0.1) is 0 Å². The molecule has 206 valence electrons. The highest BCUT2D eigenvalue weighted by Gasteiger charge is 2.83. The van der Waals surface area contributed by atoms with Gasteiger partial charge in [0.1, 0.15) is 5.54 Å². The third kappa shape index (κ3) is 2.49. The summed E-state index contributed by atoms with van der Waals surface area (Å²) in [5, 5.41) is 0. The molecule has 6 rings (SSSR count). The molecule has 1 saturated heterocycles. The van der Waals surface area contributed by atoms with E-state index in [1.807, 2.05) is 19.9 Å². The van der Waals surface area contributed by atoms with E-state index in [0.29, 0.717) is 13.0 Å². The van der Waals surface area contributed by atoms with Crippen LogP contribution in [0.5, 0.6) is 0 Å². The van der Waals surface area contributed by atoms with Gasteiger partial charge in [-0.05, 0) is 80.0 Å². The molecular weight excluding hydrogens is 472 g/mol. The minimum atomic E-state index is -0.754. The fourth-order valence-electron chi connectivity index (χ4n) is 12.1. The highest BCUT2D eigenvalue weighted by molar-refractivity contribution is 6.03. The Morgan fingerprint density at radius 2 is 1.58 bits per heavy atom. The van der Waals surface area contributed by atoms with Gasteiger partial charge in [-0.1, -0.05) is 54.5 Å². The zero-order chi connectivity index (χ0) is 27.9. The Hall–Kier alpha value is -1.96. The van der Waals surface area contributed by atoms with Crippen LogP contribution in [0.4, 0.5) is 0 Å². The first-order valence-electron chi connectivity index (χ1n) is 15.0. The SMILES string of the molecule is [C-]#[N+]C1=C[C@]2(C)[C@H]3CC(=O)[C@]45[C@@H]6CC(C)(C)CCC6(CC[C@@]4(C)[C@]3(C)CC[C@H]2C(C)(C)C1=O)C(=O)N5CC. The maximum atomic E-state index is 15.0. The van der Waals surface area contributed by atoms with Crippen molar-refractivity contribution in [3.05, 3.63) is 23.2 Å². The van der Waals surface area contributed by atoms with E-state index in [0.717, 1.165) is 44.9 Å². The molecule has 1 unspecified atom stereocenters.